The van der Waals surface area contributed by atoms with Gasteiger partial charge in [0.05, 0.1) is 17.3 Å². The van der Waals surface area contributed by atoms with Gasteiger partial charge >= 0.3 is 11.7 Å². The highest BCUT2D eigenvalue weighted by Crippen LogP contribution is 2.43. The van der Waals surface area contributed by atoms with Crippen LogP contribution in [0.3, 0.4) is 0 Å². The molecule has 1 heterocycles. The molecule has 0 unspecified atom stereocenters. The molecule has 3 aromatic rings. The third-order valence-corrected chi connectivity index (χ3v) is 4.95. The Balaban J connectivity index is 1.73. The molecule has 0 fully saturated rings. The summed E-state index contributed by atoms with van der Waals surface area (Å²) >= 11 is 0. The van der Waals surface area contributed by atoms with E-state index in [9.17, 15) is 9.59 Å². The first-order chi connectivity index (χ1) is 12.5. The predicted octanol–water partition coefficient (Wildman–Crippen LogP) is 4.20. The van der Waals surface area contributed by atoms with Gasteiger partial charge in [0.25, 0.3) is 0 Å². The lowest BCUT2D eigenvalue weighted by molar-refractivity contribution is 0.203. The molecule has 0 saturated heterocycles. The Hall–Kier alpha value is -3.08. The first-order valence-electron chi connectivity index (χ1n) is 8.71. The van der Waals surface area contributed by atoms with Crippen molar-refractivity contribution in [3.63, 3.8) is 0 Å². The van der Waals surface area contributed by atoms with E-state index in [4.69, 9.17) is 4.52 Å². The molecule has 1 aliphatic rings. The molecule has 0 radical (unpaired) electrons. The molecular formula is C21H20N2O3. The maximum absolute atomic E-state index is 12.8. The third-order valence-electron chi connectivity index (χ3n) is 4.95. The number of carbonyl (C=O) groups excluding carboxylic acids is 1. The summed E-state index contributed by atoms with van der Waals surface area (Å²) in [7, 11) is 0. The van der Waals surface area contributed by atoms with Crippen molar-refractivity contribution in [1.82, 2.24) is 10.1 Å². The topological polar surface area (TPSA) is 64.2 Å². The number of benzene rings is 2. The monoisotopic (exact) mass is 348 g/mol. The fourth-order valence-corrected chi connectivity index (χ4v) is 3.80. The molecule has 26 heavy (non-hydrogen) atoms. The second-order valence-corrected chi connectivity index (χ2v) is 6.88. The van der Waals surface area contributed by atoms with E-state index in [1.165, 1.54) is 0 Å². The van der Waals surface area contributed by atoms with Crippen LogP contribution in [0, 0.1) is 6.92 Å². The molecular weight excluding hydrogens is 328 g/mol. The zero-order valence-corrected chi connectivity index (χ0v) is 14.9. The largest absolute Gasteiger partial charge is 0.361 e. The number of hydrogen-bond acceptors (Lipinski definition) is 3. The molecule has 0 spiro atoms. The Kier molecular flexibility index (Phi) is 3.80. The Morgan fingerprint density at radius 3 is 2.08 bits per heavy atom. The molecule has 0 atom stereocenters. The molecule has 2 aromatic carbocycles. The molecule has 1 amide bonds. The molecule has 1 N–H and O–H groups in total. The zero-order chi connectivity index (χ0) is 18.4. The summed E-state index contributed by atoms with van der Waals surface area (Å²) in [5.74, 6) is -0.00627. The van der Waals surface area contributed by atoms with Gasteiger partial charge in [-0.3, -0.25) is 0 Å². The summed E-state index contributed by atoms with van der Waals surface area (Å²) in [5.41, 5.74) is 4.93. The van der Waals surface area contributed by atoms with Crippen molar-refractivity contribution in [3.8, 4) is 11.1 Å². The van der Waals surface area contributed by atoms with Crippen molar-refractivity contribution in [2.24, 2.45) is 0 Å². The van der Waals surface area contributed by atoms with Crippen LogP contribution in [-0.2, 0) is 0 Å². The minimum Gasteiger partial charge on any atom is -0.327 e. The minimum absolute atomic E-state index is 0.00627. The Labute approximate surface area is 151 Å². The average Bonchev–Trinajstić information content (AvgIpc) is 3.10. The quantitative estimate of drug-likeness (QED) is 0.755. The lowest BCUT2D eigenvalue weighted by Crippen LogP contribution is -2.32. The zero-order valence-electron chi connectivity index (χ0n) is 14.9. The van der Waals surface area contributed by atoms with E-state index in [1.807, 2.05) is 50.2 Å². The second kappa shape index (κ2) is 6.02. The van der Waals surface area contributed by atoms with Gasteiger partial charge in [0, 0.05) is 0 Å². The van der Waals surface area contributed by atoms with Gasteiger partial charge in [0.2, 0.25) is 0 Å². The first kappa shape index (κ1) is 16.4. The molecule has 4 rings (SSSR count). The van der Waals surface area contributed by atoms with E-state index < -0.39 is 11.7 Å². The smallest absolute Gasteiger partial charge is 0.327 e. The summed E-state index contributed by atoms with van der Waals surface area (Å²) in [6, 6.07) is 15.3. The standard InChI is InChI=1S/C21H20N2O3/c1-12(2)18-13(3)23(26-20(18)24)21(25)22-19-16-10-6-4-8-14(16)15-9-5-7-11-17(15)19/h4-12,19H,1-3H3,(H,22,25). The number of nitrogens with one attached hydrogen (secondary N) is 1. The highest BCUT2D eigenvalue weighted by atomic mass is 16.5. The SMILES string of the molecule is Cc1c(C(C)C)c(=O)on1C(=O)NC1c2ccccc2-c2ccccc21. The number of carbonyl (C=O) groups is 1. The van der Waals surface area contributed by atoms with Crippen molar-refractivity contribution < 1.29 is 9.32 Å². The highest BCUT2D eigenvalue weighted by molar-refractivity contribution is 5.83. The summed E-state index contributed by atoms with van der Waals surface area (Å²) in [6.07, 6.45) is 0. The van der Waals surface area contributed by atoms with Crippen molar-refractivity contribution >= 4 is 6.03 Å². The Bertz CT molecular complexity index is 1010. The molecule has 1 aliphatic carbocycles. The van der Waals surface area contributed by atoms with E-state index >= 15 is 0 Å². The summed E-state index contributed by atoms with van der Waals surface area (Å²) < 4.78 is 6.27. The predicted molar refractivity (Wildman–Crippen MR) is 99.4 cm³/mol. The van der Waals surface area contributed by atoms with Crippen LogP contribution >= 0.6 is 0 Å². The average molecular weight is 348 g/mol. The molecule has 0 saturated carbocycles. The van der Waals surface area contributed by atoms with Crippen LogP contribution in [0.4, 0.5) is 4.79 Å². The normalized spacial score (nSPS) is 12.9. The van der Waals surface area contributed by atoms with Crippen LogP contribution in [-0.4, -0.2) is 10.8 Å². The molecule has 5 heteroatoms. The third kappa shape index (κ3) is 2.39. The number of fused-ring (bicyclic) bond motifs is 3. The Morgan fingerprint density at radius 1 is 1.04 bits per heavy atom. The van der Waals surface area contributed by atoms with Crippen molar-refractivity contribution in [3.05, 3.63) is 81.3 Å². The van der Waals surface area contributed by atoms with Gasteiger partial charge in [0.1, 0.15) is 0 Å². The van der Waals surface area contributed by atoms with Crippen molar-refractivity contribution in [1.29, 1.82) is 0 Å². The van der Waals surface area contributed by atoms with Gasteiger partial charge in [-0.05, 0) is 35.1 Å². The van der Waals surface area contributed by atoms with Crippen LogP contribution in [0.15, 0.2) is 57.8 Å². The maximum atomic E-state index is 12.8. The summed E-state index contributed by atoms with van der Waals surface area (Å²) in [5, 5.41) is 3.02. The van der Waals surface area contributed by atoms with E-state index in [-0.39, 0.29) is 12.0 Å². The van der Waals surface area contributed by atoms with Gasteiger partial charge in [-0.2, -0.15) is 0 Å². The number of amides is 1. The van der Waals surface area contributed by atoms with Crippen LogP contribution < -0.4 is 10.9 Å². The Morgan fingerprint density at radius 2 is 1.58 bits per heavy atom. The molecule has 1 aromatic heterocycles. The van der Waals surface area contributed by atoms with Crippen LogP contribution in [0.2, 0.25) is 0 Å². The molecule has 0 bridgehead atoms. The van der Waals surface area contributed by atoms with Gasteiger partial charge in [-0.15, -0.1) is 4.74 Å². The van der Waals surface area contributed by atoms with Crippen molar-refractivity contribution in [2.45, 2.75) is 32.7 Å². The second-order valence-electron chi connectivity index (χ2n) is 6.88. The van der Waals surface area contributed by atoms with Crippen LogP contribution in [0.1, 0.15) is 48.2 Å². The van der Waals surface area contributed by atoms with Gasteiger partial charge < -0.3 is 9.84 Å². The van der Waals surface area contributed by atoms with E-state index in [2.05, 4.69) is 17.4 Å². The van der Waals surface area contributed by atoms with Crippen LogP contribution in [0.25, 0.3) is 11.1 Å². The van der Waals surface area contributed by atoms with Crippen molar-refractivity contribution in [2.75, 3.05) is 0 Å². The van der Waals surface area contributed by atoms with E-state index in [1.54, 1.807) is 6.92 Å². The van der Waals surface area contributed by atoms with Gasteiger partial charge in [-0.25, -0.2) is 9.59 Å². The number of rotatable bonds is 2. The number of hydrogen-bond donors (Lipinski definition) is 1. The number of nitrogens with zero attached hydrogens (tertiary/aromatic N) is 1. The first-order valence-corrected chi connectivity index (χ1v) is 8.71. The van der Waals surface area contributed by atoms with E-state index in [0.29, 0.717) is 11.3 Å². The molecule has 5 nitrogen and oxygen atoms in total. The fraction of sp³-hybridized carbons (Fsp3) is 0.238. The van der Waals surface area contributed by atoms with Gasteiger partial charge in [0.15, 0.2) is 0 Å². The minimum atomic E-state index is -0.458. The van der Waals surface area contributed by atoms with Gasteiger partial charge in [-0.1, -0.05) is 62.4 Å². The molecule has 0 aliphatic heterocycles. The van der Waals surface area contributed by atoms with Crippen LogP contribution in [0.5, 0.6) is 0 Å². The molecule has 132 valence electrons. The fourth-order valence-electron chi connectivity index (χ4n) is 3.80. The lowest BCUT2D eigenvalue weighted by atomic mass is 10.0. The lowest BCUT2D eigenvalue weighted by Gasteiger charge is -2.16. The number of aromatic nitrogens is 1. The summed E-state index contributed by atoms with van der Waals surface area (Å²) in [4.78, 5) is 24.9. The maximum Gasteiger partial charge on any atom is 0.361 e. The highest BCUT2D eigenvalue weighted by Gasteiger charge is 2.30. The van der Waals surface area contributed by atoms with E-state index in [0.717, 1.165) is 27.0 Å². The summed E-state index contributed by atoms with van der Waals surface area (Å²) in [6.45, 7) is 5.55.